The smallest absolute Gasteiger partial charge is 0.0557 e. The van der Waals surface area contributed by atoms with Gasteiger partial charge in [0.05, 0.1) is 6.04 Å². The van der Waals surface area contributed by atoms with E-state index in [2.05, 4.69) is 47.8 Å². The zero-order valence-corrected chi connectivity index (χ0v) is 8.14. The van der Waals surface area contributed by atoms with Crippen LogP contribution in [0.15, 0.2) is 15.6 Å². The van der Waals surface area contributed by atoms with Crippen LogP contribution in [0.4, 0.5) is 0 Å². The van der Waals surface area contributed by atoms with Gasteiger partial charge in [0.25, 0.3) is 0 Å². The van der Waals surface area contributed by atoms with Crippen molar-refractivity contribution in [2.75, 3.05) is 0 Å². The van der Waals surface area contributed by atoms with Crippen LogP contribution in [-0.2, 0) is 0 Å². The maximum Gasteiger partial charge on any atom is 0.0557 e. The topological polar surface area (TPSA) is 12.4 Å². The Hall–Kier alpha value is -0.110. The van der Waals surface area contributed by atoms with Crippen molar-refractivity contribution in [2.24, 2.45) is 10.4 Å². The summed E-state index contributed by atoms with van der Waals surface area (Å²) in [6, 6.07) is 0.397. The molecule has 0 aromatic carbocycles. The van der Waals surface area contributed by atoms with Crippen molar-refractivity contribution in [1.29, 1.82) is 0 Å². The average molecular weight is 202 g/mol. The summed E-state index contributed by atoms with van der Waals surface area (Å²) in [4.78, 5) is 4.32. The third-order valence-corrected chi connectivity index (χ3v) is 2.44. The van der Waals surface area contributed by atoms with Gasteiger partial charge < -0.3 is 0 Å². The van der Waals surface area contributed by atoms with Crippen molar-refractivity contribution in [2.45, 2.75) is 26.8 Å². The molecule has 0 fully saturated rings. The predicted molar refractivity (Wildman–Crippen MR) is 48.7 cm³/mol. The molecule has 10 heavy (non-hydrogen) atoms. The lowest BCUT2D eigenvalue weighted by Gasteiger charge is -2.28. The molecule has 1 aliphatic heterocycles. The Morgan fingerprint density at radius 1 is 1.60 bits per heavy atom. The number of aliphatic imine (C=N–C) groups is 1. The van der Waals surface area contributed by atoms with Crippen LogP contribution in [0.5, 0.6) is 0 Å². The molecule has 0 amide bonds. The molecule has 1 nitrogen and oxygen atoms in total. The monoisotopic (exact) mass is 201 g/mol. The average Bonchev–Trinajstić information content (AvgIpc) is 1.78. The summed E-state index contributed by atoms with van der Waals surface area (Å²) in [5.41, 5.74) is 0.202. The zero-order valence-electron chi connectivity index (χ0n) is 6.56. The molecule has 0 radical (unpaired) electrons. The van der Waals surface area contributed by atoms with E-state index in [1.807, 2.05) is 6.21 Å². The standard InChI is InChI=1S/C8H12BrN/c1-6-8(2,3)4-7(9)5-10-6/h4-6H,1-3H3. The predicted octanol–water partition coefficient (Wildman–Crippen LogP) is 2.76. The van der Waals surface area contributed by atoms with Gasteiger partial charge in [-0.15, -0.1) is 0 Å². The van der Waals surface area contributed by atoms with Crippen LogP contribution in [0.2, 0.25) is 0 Å². The first-order valence-corrected chi connectivity index (χ1v) is 4.23. The molecule has 0 saturated heterocycles. The lowest BCUT2D eigenvalue weighted by Crippen LogP contribution is -2.25. The fourth-order valence-corrected chi connectivity index (χ4v) is 1.60. The number of rotatable bonds is 0. The van der Waals surface area contributed by atoms with E-state index in [0.29, 0.717) is 6.04 Å². The molecule has 0 aromatic rings. The third-order valence-electron chi connectivity index (χ3n) is 2.01. The quantitative estimate of drug-likeness (QED) is 0.572. The number of allylic oxidation sites excluding steroid dienone is 1. The highest BCUT2D eigenvalue weighted by Gasteiger charge is 2.24. The molecule has 1 heterocycles. The number of halogens is 1. The van der Waals surface area contributed by atoms with E-state index < -0.39 is 0 Å². The number of hydrogen-bond acceptors (Lipinski definition) is 1. The molecule has 1 aliphatic rings. The van der Waals surface area contributed by atoms with E-state index in [0.717, 1.165) is 4.48 Å². The van der Waals surface area contributed by atoms with Crippen LogP contribution >= 0.6 is 15.9 Å². The van der Waals surface area contributed by atoms with Gasteiger partial charge in [0.1, 0.15) is 0 Å². The number of hydrogen-bond donors (Lipinski definition) is 0. The number of dihydropyridines is 1. The van der Waals surface area contributed by atoms with Crippen molar-refractivity contribution < 1.29 is 0 Å². The Morgan fingerprint density at radius 2 is 2.20 bits per heavy atom. The van der Waals surface area contributed by atoms with Gasteiger partial charge >= 0.3 is 0 Å². The summed E-state index contributed by atoms with van der Waals surface area (Å²) in [5.74, 6) is 0. The van der Waals surface area contributed by atoms with Gasteiger partial charge in [0, 0.05) is 16.1 Å². The van der Waals surface area contributed by atoms with Gasteiger partial charge in [-0.2, -0.15) is 0 Å². The molecular formula is C8H12BrN. The van der Waals surface area contributed by atoms with Gasteiger partial charge in [-0.1, -0.05) is 19.9 Å². The summed E-state index contributed by atoms with van der Waals surface area (Å²) in [7, 11) is 0. The van der Waals surface area contributed by atoms with Crippen LogP contribution in [0.1, 0.15) is 20.8 Å². The minimum Gasteiger partial charge on any atom is -0.288 e. The van der Waals surface area contributed by atoms with Crippen LogP contribution in [0.3, 0.4) is 0 Å². The highest BCUT2D eigenvalue weighted by atomic mass is 79.9. The first-order chi connectivity index (χ1) is 4.52. The molecule has 1 unspecified atom stereocenters. The highest BCUT2D eigenvalue weighted by Crippen LogP contribution is 2.30. The first-order valence-electron chi connectivity index (χ1n) is 3.44. The second kappa shape index (κ2) is 2.50. The first kappa shape index (κ1) is 7.99. The molecule has 56 valence electrons. The molecule has 0 aliphatic carbocycles. The lowest BCUT2D eigenvalue weighted by molar-refractivity contribution is 0.393. The normalized spacial score (nSPS) is 30.0. The Balaban J connectivity index is 2.88. The van der Waals surface area contributed by atoms with Crippen LogP contribution < -0.4 is 0 Å². The molecule has 0 spiro atoms. The third kappa shape index (κ3) is 1.48. The minimum absolute atomic E-state index is 0.202. The van der Waals surface area contributed by atoms with E-state index in [4.69, 9.17) is 0 Å². The maximum absolute atomic E-state index is 4.32. The van der Waals surface area contributed by atoms with Gasteiger partial charge in [-0.25, -0.2) is 0 Å². The van der Waals surface area contributed by atoms with Gasteiger partial charge in [0.15, 0.2) is 0 Å². The SMILES string of the molecule is CC1N=CC(Br)=CC1(C)C. The van der Waals surface area contributed by atoms with Crippen molar-refractivity contribution in [3.8, 4) is 0 Å². The molecule has 0 N–H and O–H groups in total. The summed E-state index contributed by atoms with van der Waals surface area (Å²) < 4.78 is 1.09. The van der Waals surface area contributed by atoms with Crippen LogP contribution in [-0.4, -0.2) is 12.3 Å². The van der Waals surface area contributed by atoms with Gasteiger partial charge in [-0.05, 0) is 22.9 Å². The second-order valence-electron chi connectivity index (χ2n) is 3.30. The second-order valence-corrected chi connectivity index (χ2v) is 4.22. The van der Waals surface area contributed by atoms with Crippen LogP contribution in [0, 0.1) is 5.41 Å². The van der Waals surface area contributed by atoms with E-state index in [1.54, 1.807) is 0 Å². The Morgan fingerprint density at radius 3 is 2.60 bits per heavy atom. The van der Waals surface area contributed by atoms with Gasteiger partial charge in [-0.3, -0.25) is 4.99 Å². The van der Waals surface area contributed by atoms with Crippen molar-refractivity contribution in [1.82, 2.24) is 0 Å². The number of nitrogens with zero attached hydrogens (tertiary/aromatic N) is 1. The van der Waals surface area contributed by atoms with E-state index in [1.165, 1.54) is 0 Å². The molecule has 2 heteroatoms. The van der Waals surface area contributed by atoms with Crippen LogP contribution in [0.25, 0.3) is 0 Å². The molecule has 0 bridgehead atoms. The molecule has 0 saturated carbocycles. The molecule has 1 rings (SSSR count). The Labute approximate surface area is 70.4 Å². The van der Waals surface area contributed by atoms with Gasteiger partial charge in [0.2, 0.25) is 0 Å². The van der Waals surface area contributed by atoms with Crippen molar-refractivity contribution >= 4 is 22.1 Å². The lowest BCUT2D eigenvalue weighted by atomic mass is 9.84. The largest absolute Gasteiger partial charge is 0.288 e. The Bertz CT molecular complexity index is 191. The highest BCUT2D eigenvalue weighted by molar-refractivity contribution is 9.12. The van der Waals surface area contributed by atoms with E-state index in [9.17, 15) is 0 Å². The summed E-state index contributed by atoms with van der Waals surface area (Å²) in [6.07, 6.45) is 4.07. The maximum atomic E-state index is 4.32. The fourth-order valence-electron chi connectivity index (χ4n) is 0.888. The fraction of sp³-hybridized carbons (Fsp3) is 0.625. The summed E-state index contributed by atoms with van der Waals surface area (Å²) >= 11 is 3.40. The van der Waals surface area contributed by atoms with E-state index in [-0.39, 0.29) is 5.41 Å². The Kier molecular flexibility index (Phi) is 1.99. The summed E-state index contributed by atoms with van der Waals surface area (Å²) in [6.45, 7) is 6.51. The van der Waals surface area contributed by atoms with E-state index >= 15 is 0 Å². The summed E-state index contributed by atoms with van der Waals surface area (Å²) in [5, 5.41) is 0. The zero-order chi connectivity index (χ0) is 7.78. The molecular weight excluding hydrogens is 190 g/mol. The van der Waals surface area contributed by atoms with Crippen molar-refractivity contribution in [3.05, 3.63) is 10.6 Å². The van der Waals surface area contributed by atoms with Crippen molar-refractivity contribution in [3.63, 3.8) is 0 Å². The minimum atomic E-state index is 0.202. The molecule has 1 atom stereocenters. The molecule has 0 aromatic heterocycles.